The Morgan fingerprint density at radius 3 is 2.37 bits per heavy atom. The molecule has 0 saturated heterocycles. The number of carbonyl (C=O) groups is 1. The number of rotatable bonds is 7. The third-order valence-electron chi connectivity index (χ3n) is 5.05. The fourth-order valence-electron chi connectivity index (χ4n) is 3.40. The summed E-state index contributed by atoms with van der Waals surface area (Å²) in [5.41, 5.74) is 3.47. The van der Waals surface area contributed by atoms with Gasteiger partial charge in [-0.2, -0.15) is 0 Å². The van der Waals surface area contributed by atoms with Crippen LogP contribution in [0.15, 0.2) is 95.5 Å². The first kappa shape index (κ1) is 19.6. The van der Waals surface area contributed by atoms with Crippen LogP contribution >= 0.6 is 0 Å². The van der Waals surface area contributed by atoms with Gasteiger partial charge in [0.2, 0.25) is 5.89 Å². The number of amides is 1. The van der Waals surface area contributed by atoms with Gasteiger partial charge in [0, 0.05) is 17.2 Å². The van der Waals surface area contributed by atoms with Crippen LogP contribution in [-0.2, 0) is 6.42 Å². The lowest BCUT2D eigenvalue weighted by Crippen LogP contribution is -2.33. The molecule has 4 heteroatoms. The van der Waals surface area contributed by atoms with E-state index in [-0.39, 0.29) is 11.9 Å². The lowest BCUT2D eigenvalue weighted by molar-refractivity contribution is 0.0939. The van der Waals surface area contributed by atoms with Crippen LogP contribution in [0, 0.1) is 0 Å². The average molecular weight is 396 g/mol. The van der Waals surface area contributed by atoms with Crippen molar-refractivity contribution >= 4 is 5.91 Å². The highest BCUT2D eigenvalue weighted by Gasteiger charge is 2.18. The molecule has 0 spiro atoms. The molecule has 0 aliphatic heterocycles. The van der Waals surface area contributed by atoms with Crippen LogP contribution < -0.4 is 5.32 Å². The van der Waals surface area contributed by atoms with Crippen molar-refractivity contribution in [1.29, 1.82) is 0 Å². The second-order valence-corrected chi connectivity index (χ2v) is 7.34. The monoisotopic (exact) mass is 396 g/mol. The summed E-state index contributed by atoms with van der Waals surface area (Å²) < 4.78 is 5.97. The number of hydrogen-bond acceptors (Lipinski definition) is 3. The highest BCUT2D eigenvalue weighted by molar-refractivity contribution is 6.00. The number of carbonyl (C=O) groups excluding carboxylic acids is 1. The molecule has 0 fully saturated rings. The van der Waals surface area contributed by atoms with Crippen LogP contribution in [0.3, 0.4) is 0 Å². The highest BCUT2D eigenvalue weighted by atomic mass is 16.4. The number of aromatic nitrogens is 1. The van der Waals surface area contributed by atoms with Gasteiger partial charge in [-0.15, -0.1) is 0 Å². The summed E-state index contributed by atoms with van der Waals surface area (Å²) in [7, 11) is 0. The summed E-state index contributed by atoms with van der Waals surface area (Å²) in [6.45, 7) is 2.03. The average Bonchev–Trinajstić information content (AvgIpc) is 3.29. The summed E-state index contributed by atoms with van der Waals surface area (Å²) in [6.07, 6.45) is 3.49. The number of oxazole rings is 1. The minimum Gasteiger partial charge on any atom is -0.436 e. The number of hydrogen-bond donors (Lipinski definition) is 1. The van der Waals surface area contributed by atoms with Gasteiger partial charge < -0.3 is 9.73 Å². The van der Waals surface area contributed by atoms with Crippen LogP contribution in [0.1, 0.15) is 29.3 Å². The molecule has 1 aromatic heterocycles. The molecule has 4 nitrogen and oxygen atoms in total. The van der Waals surface area contributed by atoms with E-state index in [0.29, 0.717) is 22.8 Å². The van der Waals surface area contributed by atoms with E-state index < -0.39 is 0 Å². The summed E-state index contributed by atoms with van der Waals surface area (Å²) in [6, 6.07) is 27.6. The third kappa shape index (κ3) is 4.66. The smallest absolute Gasteiger partial charge is 0.252 e. The molecule has 3 aromatic carbocycles. The highest BCUT2D eigenvalue weighted by Crippen LogP contribution is 2.28. The van der Waals surface area contributed by atoms with Gasteiger partial charge in [-0.05, 0) is 37.5 Å². The van der Waals surface area contributed by atoms with Crippen molar-refractivity contribution in [2.75, 3.05) is 0 Å². The van der Waals surface area contributed by atoms with Gasteiger partial charge in [0.1, 0.15) is 0 Å². The van der Waals surface area contributed by atoms with Gasteiger partial charge in [-0.25, -0.2) is 4.98 Å². The van der Waals surface area contributed by atoms with Crippen LogP contribution in [0.5, 0.6) is 0 Å². The predicted octanol–water partition coefficient (Wildman–Crippen LogP) is 5.76. The van der Waals surface area contributed by atoms with Gasteiger partial charge in [-0.3, -0.25) is 4.79 Å². The van der Waals surface area contributed by atoms with E-state index in [1.807, 2.05) is 73.7 Å². The number of nitrogens with zero attached hydrogens (tertiary/aromatic N) is 1. The Labute approximate surface area is 176 Å². The molecule has 30 heavy (non-hydrogen) atoms. The summed E-state index contributed by atoms with van der Waals surface area (Å²) in [5, 5.41) is 3.11. The summed E-state index contributed by atoms with van der Waals surface area (Å²) >= 11 is 0. The molecule has 0 saturated carbocycles. The number of nitrogens with one attached hydrogen (secondary N) is 1. The van der Waals surface area contributed by atoms with Crippen molar-refractivity contribution in [3.63, 3.8) is 0 Å². The molecule has 150 valence electrons. The summed E-state index contributed by atoms with van der Waals surface area (Å²) in [4.78, 5) is 17.4. The van der Waals surface area contributed by atoms with Gasteiger partial charge >= 0.3 is 0 Å². The van der Waals surface area contributed by atoms with E-state index in [1.165, 1.54) is 5.56 Å². The lowest BCUT2D eigenvalue weighted by Gasteiger charge is -2.15. The SMILES string of the molecule is CC(CCc1ccccc1)NC(=O)c1ccccc1-c1ncc(-c2ccccc2)o1. The van der Waals surface area contributed by atoms with Crippen molar-refractivity contribution in [2.45, 2.75) is 25.8 Å². The second-order valence-electron chi connectivity index (χ2n) is 7.34. The molecule has 0 aliphatic rings. The molecule has 1 N–H and O–H groups in total. The predicted molar refractivity (Wildman–Crippen MR) is 119 cm³/mol. The zero-order valence-electron chi connectivity index (χ0n) is 16.9. The molecular formula is C26H24N2O2. The summed E-state index contributed by atoms with van der Waals surface area (Å²) in [5.74, 6) is 0.999. The molecule has 4 rings (SSSR count). The van der Waals surface area contributed by atoms with Crippen molar-refractivity contribution in [2.24, 2.45) is 0 Å². The van der Waals surface area contributed by atoms with E-state index in [1.54, 1.807) is 12.3 Å². The quantitative estimate of drug-likeness (QED) is 0.432. The topological polar surface area (TPSA) is 55.1 Å². The number of benzene rings is 3. The first-order valence-electron chi connectivity index (χ1n) is 10.2. The van der Waals surface area contributed by atoms with E-state index in [2.05, 4.69) is 22.4 Å². The molecular weight excluding hydrogens is 372 g/mol. The molecule has 1 amide bonds. The van der Waals surface area contributed by atoms with Crippen LogP contribution in [0.2, 0.25) is 0 Å². The van der Waals surface area contributed by atoms with Gasteiger partial charge in [0.15, 0.2) is 5.76 Å². The Bertz CT molecular complexity index is 1100. The van der Waals surface area contributed by atoms with Crippen molar-refractivity contribution in [1.82, 2.24) is 10.3 Å². The van der Waals surface area contributed by atoms with E-state index in [4.69, 9.17) is 4.42 Å². The molecule has 1 unspecified atom stereocenters. The molecule has 0 bridgehead atoms. The minimum atomic E-state index is -0.120. The van der Waals surface area contributed by atoms with Crippen molar-refractivity contribution in [3.8, 4) is 22.8 Å². The lowest BCUT2D eigenvalue weighted by atomic mass is 10.0. The van der Waals surface area contributed by atoms with Gasteiger partial charge in [0.05, 0.1) is 11.8 Å². The standard InChI is InChI=1S/C26H24N2O2/c1-19(16-17-20-10-4-2-5-11-20)28-25(29)22-14-8-9-15-23(22)26-27-18-24(30-26)21-12-6-3-7-13-21/h2-15,18-19H,16-17H2,1H3,(H,28,29). The van der Waals surface area contributed by atoms with Gasteiger partial charge in [-0.1, -0.05) is 72.8 Å². The first-order chi connectivity index (χ1) is 14.7. The molecule has 0 radical (unpaired) electrons. The maximum absolute atomic E-state index is 13.0. The van der Waals surface area contributed by atoms with E-state index >= 15 is 0 Å². The first-order valence-corrected chi connectivity index (χ1v) is 10.2. The Morgan fingerprint density at radius 1 is 0.933 bits per heavy atom. The largest absolute Gasteiger partial charge is 0.436 e. The fraction of sp³-hybridized carbons (Fsp3) is 0.154. The maximum Gasteiger partial charge on any atom is 0.252 e. The molecule has 4 aromatic rings. The zero-order chi connectivity index (χ0) is 20.8. The maximum atomic E-state index is 13.0. The van der Waals surface area contributed by atoms with Crippen LogP contribution in [0.25, 0.3) is 22.8 Å². The van der Waals surface area contributed by atoms with Gasteiger partial charge in [0.25, 0.3) is 5.91 Å². The Balaban J connectivity index is 1.48. The Morgan fingerprint density at radius 2 is 1.60 bits per heavy atom. The Hall–Kier alpha value is -3.66. The second kappa shape index (κ2) is 9.23. The molecule has 0 aliphatic carbocycles. The molecule has 1 heterocycles. The fourth-order valence-corrected chi connectivity index (χ4v) is 3.40. The Kier molecular flexibility index (Phi) is 6.04. The number of aryl methyl sites for hydroxylation is 1. The van der Waals surface area contributed by atoms with E-state index in [0.717, 1.165) is 18.4 Å². The minimum absolute atomic E-state index is 0.0511. The van der Waals surface area contributed by atoms with E-state index in [9.17, 15) is 4.79 Å². The zero-order valence-corrected chi connectivity index (χ0v) is 16.9. The van der Waals surface area contributed by atoms with Crippen molar-refractivity contribution < 1.29 is 9.21 Å². The normalized spacial score (nSPS) is 11.8. The van der Waals surface area contributed by atoms with Crippen molar-refractivity contribution in [3.05, 3.63) is 102 Å². The van der Waals surface area contributed by atoms with Crippen LogP contribution in [-0.4, -0.2) is 16.9 Å². The third-order valence-corrected chi connectivity index (χ3v) is 5.05. The molecule has 1 atom stereocenters. The van der Waals surface area contributed by atoms with Crippen LogP contribution in [0.4, 0.5) is 0 Å².